The maximum atomic E-state index is 10.9. The Kier molecular flexibility index (Phi) is 4.65. The summed E-state index contributed by atoms with van der Waals surface area (Å²) in [5, 5.41) is 58.6. The molecular formula is C22H10N4O2. The first-order chi connectivity index (χ1) is 13.6. The minimum atomic E-state index is -0.363. The Bertz CT molecular complexity index is 1280. The molecular weight excluding hydrogens is 352 g/mol. The van der Waals surface area contributed by atoms with Crippen LogP contribution in [0.15, 0.2) is 48.5 Å². The number of hydrogen-bond donors (Lipinski definition) is 2. The third-order valence-electron chi connectivity index (χ3n) is 4.31. The topological polar surface area (TPSA) is 136 Å². The zero-order valence-corrected chi connectivity index (χ0v) is 14.3. The molecule has 6 nitrogen and oxygen atoms in total. The van der Waals surface area contributed by atoms with Gasteiger partial charge in [0.15, 0.2) is 0 Å². The third kappa shape index (κ3) is 2.74. The number of rotatable bonds is 2. The van der Waals surface area contributed by atoms with E-state index >= 15 is 0 Å². The van der Waals surface area contributed by atoms with Gasteiger partial charge in [-0.1, -0.05) is 24.3 Å². The summed E-state index contributed by atoms with van der Waals surface area (Å²) in [5.74, 6) is -0.652. The van der Waals surface area contributed by atoms with Gasteiger partial charge in [-0.2, -0.15) is 21.0 Å². The fraction of sp³-hybridized carbons (Fsp3) is 0. The predicted molar refractivity (Wildman–Crippen MR) is 99.5 cm³/mol. The van der Waals surface area contributed by atoms with Gasteiger partial charge in [-0.3, -0.25) is 0 Å². The lowest BCUT2D eigenvalue weighted by Gasteiger charge is -2.15. The van der Waals surface area contributed by atoms with Crippen molar-refractivity contribution < 1.29 is 10.2 Å². The van der Waals surface area contributed by atoms with E-state index in [1.54, 1.807) is 12.1 Å². The molecule has 0 aliphatic rings. The van der Waals surface area contributed by atoms with Crippen molar-refractivity contribution in [1.29, 1.82) is 21.0 Å². The van der Waals surface area contributed by atoms with E-state index < -0.39 is 0 Å². The lowest BCUT2D eigenvalue weighted by atomic mass is 9.90. The van der Waals surface area contributed by atoms with Crippen LogP contribution in [0.1, 0.15) is 22.3 Å². The molecule has 0 unspecified atom stereocenters. The Morgan fingerprint density at radius 2 is 1.11 bits per heavy atom. The number of phenolic OH excluding ortho intramolecular Hbond substituents is 2. The van der Waals surface area contributed by atoms with Crippen LogP contribution in [0.5, 0.6) is 11.5 Å². The second kappa shape index (κ2) is 7.22. The van der Waals surface area contributed by atoms with Gasteiger partial charge in [0.05, 0.1) is 27.8 Å². The minimum absolute atomic E-state index is 0.0130. The summed E-state index contributed by atoms with van der Waals surface area (Å²) in [6, 6.07) is 19.6. The lowest BCUT2D eigenvalue weighted by molar-refractivity contribution is 0.455. The van der Waals surface area contributed by atoms with Crippen molar-refractivity contribution in [3.63, 3.8) is 0 Å². The second-order valence-corrected chi connectivity index (χ2v) is 5.76. The number of aromatic hydroxyl groups is 2. The molecule has 0 amide bonds. The highest BCUT2D eigenvalue weighted by Gasteiger charge is 2.21. The smallest absolute Gasteiger partial charge is 0.135 e. The van der Waals surface area contributed by atoms with E-state index in [1.807, 2.05) is 24.3 Å². The van der Waals surface area contributed by atoms with E-state index in [0.29, 0.717) is 5.56 Å². The molecule has 3 rings (SSSR count). The van der Waals surface area contributed by atoms with Crippen LogP contribution in [0.4, 0.5) is 0 Å². The fourth-order valence-electron chi connectivity index (χ4n) is 3.03. The Labute approximate surface area is 160 Å². The first kappa shape index (κ1) is 18.0. The van der Waals surface area contributed by atoms with Crippen molar-refractivity contribution in [2.75, 3.05) is 0 Å². The van der Waals surface area contributed by atoms with Crippen LogP contribution in [-0.2, 0) is 0 Å². The summed E-state index contributed by atoms with van der Waals surface area (Å²) < 4.78 is 0. The molecule has 0 radical (unpaired) electrons. The molecule has 6 heteroatoms. The highest BCUT2D eigenvalue weighted by molar-refractivity contribution is 5.90. The van der Waals surface area contributed by atoms with Gasteiger partial charge < -0.3 is 10.2 Å². The van der Waals surface area contributed by atoms with Gasteiger partial charge in [0.2, 0.25) is 0 Å². The molecule has 0 atom stereocenters. The van der Waals surface area contributed by atoms with Crippen molar-refractivity contribution in [1.82, 2.24) is 0 Å². The standard InChI is InChI=1S/C22H10N4O2/c23-9-13-3-1-5-15(18(13)11-25)17-7-8-20(27)21(22(17)28)16-6-2-4-14(10-24)19(16)12-26/h1-8,27-28H. The summed E-state index contributed by atoms with van der Waals surface area (Å²) in [7, 11) is 0. The molecule has 0 saturated carbocycles. The summed E-state index contributed by atoms with van der Waals surface area (Å²) >= 11 is 0. The summed E-state index contributed by atoms with van der Waals surface area (Å²) in [5.41, 5.74) is 1.04. The molecule has 0 aliphatic carbocycles. The molecule has 0 bridgehead atoms. The van der Waals surface area contributed by atoms with E-state index in [0.717, 1.165) is 0 Å². The average molecular weight is 362 g/mol. The van der Waals surface area contributed by atoms with Crippen LogP contribution in [0.25, 0.3) is 22.3 Å². The first-order valence-corrected chi connectivity index (χ1v) is 7.99. The van der Waals surface area contributed by atoms with Crippen molar-refractivity contribution >= 4 is 0 Å². The largest absolute Gasteiger partial charge is 0.507 e. The molecule has 0 fully saturated rings. The minimum Gasteiger partial charge on any atom is -0.507 e. The number of nitriles is 4. The van der Waals surface area contributed by atoms with Gasteiger partial charge in [-0.25, -0.2) is 0 Å². The fourth-order valence-corrected chi connectivity index (χ4v) is 3.03. The predicted octanol–water partition coefficient (Wildman–Crippen LogP) is 3.92. The molecule has 130 valence electrons. The maximum Gasteiger partial charge on any atom is 0.135 e. The molecule has 0 spiro atoms. The molecule has 0 saturated heterocycles. The lowest BCUT2D eigenvalue weighted by Crippen LogP contribution is -1.94. The SMILES string of the molecule is N#Cc1cccc(-c2ccc(O)c(-c3cccc(C#N)c3C#N)c2O)c1C#N. The summed E-state index contributed by atoms with van der Waals surface area (Å²) in [4.78, 5) is 0. The molecule has 3 aromatic carbocycles. The monoisotopic (exact) mass is 362 g/mol. The van der Waals surface area contributed by atoms with Crippen LogP contribution < -0.4 is 0 Å². The Morgan fingerprint density at radius 1 is 0.571 bits per heavy atom. The summed E-state index contributed by atoms with van der Waals surface area (Å²) in [6.07, 6.45) is 0. The number of phenols is 2. The van der Waals surface area contributed by atoms with Crippen LogP contribution in [0, 0.1) is 45.3 Å². The third-order valence-corrected chi connectivity index (χ3v) is 4.31. The Balaban J connectivity index is 2.38. The maximum absolute atomic E-state index is 10.9. The number of nitrogens with zero attached hydrogens (tertiary/aromatic N) is 4. The van der Waals surface area contributed by atoms with Crippen LogP contribution in [-0.4, -0.2) is 10.2 Å². The van der Waals surface area contributed by atoms with Gasteiger partial charge in [-0.15, -0.1) is 0 Å². The van der Waals surface area contributed by atoms with Crippen LogP contribution >= 0.6 is 0 Å². The van der Waals surface area contributed by atoms with Gasteiger partial charge in [0.1, 0.15) is 35.8 Å². The average Bonchev–Trinajstić information content (AvgIpc) is 2.72. The number of hydrogen-bond acceptors (Lipinski definition) is 6. The zero-order chi connectivity index (χ0) is 20.3. The molecule has 0 heterocycles. The van der Waals surface area contributed by atoms with Gasteiger partial charge in [-0.05, 0) is 24.3 Å². The summed E-state index contributed by atoms with van der Waals surface area (Å²) in [6.45, 7) is 0. The second-order valence-electron chi connectivity index (χ2n) is 5.76. The zero-order valence-electron chi connectivity index (χ0n) is 14.3. The molecule has 0 aliphatic heterocycles. The van der Waals surface area contributed by atoms with Crippen molar-refractivity contribution in [3.05, 3.63) is 70.8 Å². The quantitative estimate of drug-likeness (QED) is 0.709. The van der Waals surface area contributed by atoms with E-state index in [2.05, 4.69) is 0 Å². The Morgan fingerprint density at radius 3 is 1.64 bits per heavy atom. The van der Waals surface area contributed by atoms with E-state index in [-0.39, 0.29) is 50.4 Å². The molecule has 3 aromatic rings. The highest BCUT2D eigenvalue weighted by Crippen LogP contribution is 2.45. The highest BCUT2D eigenvalue weighted by atomic mass is 16.3. The van der Waals surface area contributed by atoms with Crippen LogP contribution in [0.3, 0.4) is 0 Å². The molecule has 2 N–H and O–H groups in total. The van der Waals surface area contributed by atoms with Gasteiger partial charge in [0.25, 0.3) is 0 Å². The van der Waals surface area contributed by atoms with E-state index in [9.17, 15) is 31.3 Å². The van der Waals surface area contributed by atoms with Gasteiger partial charge in [0, 0.05) is 16.7 Å². The van der Waals surface area contributed by atoms with Gasteiger partial charge >= 0.3 is 0 Å². The molecule has 0 aromatic heterocycles. The normalized spacial score (nSPS) is 9.57. The van der Waals surface area contributed by atoms with Crippen LogP contribution in [0.2, 0.25) is 0 Å². The van der Waals surface area contributed by atoms with Crippen molar-refractivity contribution in [3.8, 4) is 58.0 Å². The first-order valence-electron chi connectivity index (χ1n) is 7.99. The van der Waals surface area contributed by atoms with E-state index in [4.69, 9.17) is 0 Å². The number of benzene rings is 3. The molecule has 28 heavy (non-hydrogen) atoms. The van der Waals surface area contributed by atoms with E-state index in [1.165, 1.54) is 36.4 Å². The van der Waals surface area contributed by atoms with Crippen molar-refractivity contribution in [2.45, 2.75) is 0 Å². The van der Waals surface area contributed by atoms with Crippen molar-refractivity contribution in [2.24, 2.45) is 0 Å². The Hall–Kier alpha value is -4.78.